The monoisotopic (exact) mass is 1560 g/mol. The van der Waals surface area contributed by atoms with E-state index in [2.05, 4.69) is 0 Å². The van der Waals surface area contributed by atoms with Crippen LogP contribution in [0.2, 0.25) is 0 Å². The molecule has 0 aliphatic heterocycles. The van der Waals surface area contributed by atoms with Crippen LogP contribution in [0.5, 0.6) is 0 Å². The van der Waals surface area contributed by atoms with E-state index >= 15 is 0 Å². The molecule has 16 rings (SSSR count). The van der Waals surface area contributed by atoms with Crippen LogP contribution in [-0.2, 0) is 28.2 Å². The lowest BCUT2D eigenvalue weighted by molar-refractivity contribution is -0.660. The number of benzene rings is 12. The normalized spacial score (nSPS) is 16.8. The predicted octanol–water partition coefficient (Wildman–Crippen LogP) is 27.3. The molecule has 0 aliphatic rings. The van der Waals surface area contributed by atoms with Crippen LogP contribution < -0.4 is 18.3 Å². The molecule has 16 aromatic rings. The van der Waals surface area contributed by atoms with E-state index in [1.165, 1.54) is 48.9 Å². The molecule has 0 saturated carbocycles. The highest BCUT2D eigenvalue weighted by Crippen LogP contribution is 2.40. The highest BCUT2D eigenvalue weighted by atomic mass is 14.9. The lowest BCUT2D eigenvalue weighted by Gasteiger charge is -2.15. The first kappa shape index (κ1) is 47.9. The molecule has 12 aromatic carbocycles. The molecular weight excluding hydrogens is 1410 g/mol. The maximum atomic E-state index is 8.24. The summed E-state index contributed by atoms with van der Waals surface area (Å²) in [4.78, 5) is 0. The molecule has 0 saturated heterocycles. The van der Waals surface area contributed by atoms with Gasteiger partial charge >= 0.3 is 0 Å². The fourth-order valence-corrected chi connectivity index (χ4v) is 14.8. The summed E-state index contributed by atoms with van der Waals surface area (Å²) in [7, 11) is 6.97. The van der Waals surface area contributed by atoms with Gasteiger partial charge in [0.25, 0.3) is 0 Å². The largest absolute Gasteiger partial charge is 0.213 e. The Morgan fingerprint density at radius 2 is 0.444 bits per heavy atom. The Morgan fingerprint density at radius 1 is 0.171 bits per heavy atom. The van der Waals surface area contributed by atoms with Gasteiger partial charge in [-0.25, -0.2) is 18.3 Å². The van der Waals surface area contributed by atoms with Crippen molar-refractivity contribution in [3.05, 3.63) is 404 Å². The average Bonchev–Trinajstić information content (AvgIpc) is 0.738. The third-order valence-electron chi connectivity index (χ3n) is 21.2. The number of pyridine rings is 4. The number of hydrogen-bond donors (Lipinski definition) is 0. The Morgan fingerprint density at radius 3 is 0.795 bits per heavy atom. The summed E-state index contributed by atoms with van der Waals surface area (Å²) in [6.07, 6.45) is 6.10. The minimum atomic E-state index is -2.73. The van der Waals surface area contributed by atoms with Crippen molar-refractivity contribution in [2.24, 2.45) is 28.2 Å². The fourth-order valence-electron chi connectivity index (χ4n) is 14.8. The summed E-state index contributed by atoms with van der Waals surface area (Å²) in [6, 6.07) is 81.8. The van der Waals surface area contributed by atoms with Gasteiger partial charge in [-0.05, 0) is 297 Å². The van der Waals surface area contributed by atoms with Crippen molar-refractivity contribution in [2.45, 2.75) is 117 Å². The second kappa shape index (κ2) is 36.0. The molecule has 4 nitrogen and oxygen atoms in total. The van der Waals surface area contributed by atoms with Crippen LogP contribution in [0.15, 0.2) is 310 Å². The van der Waals surface area contributed by atoms with Crippen molar-refractivity contribution in [3.63, 3.8) is 0 Å². The molecule has 4 heterocycles. The second-order valence-corrected chi connectivity index (χ2v) is 29.4. The summed E-state index contributed by atoms with van der Waals surface area (Å²) in [6.45, 7) is -20.0. The Labute approximate surface area is 748 Å². The van der Waals surface area contributed by atoms with E-state index in [-0.39, 0.29) is 72.3 Å². The smallest absolute Gasteiger partial charge is 0.201 e. The van der Waals surface area contributed by atoms with Gasteiger partial charge in [0.1, 0.15) is 28.2 Å². The SMILES string of the molecule is [2H]C([2H])([2H])c1ccccc1-c1ccc(C)c(-c2cc(-c3c(C([2H])([2H])[2H])cccc3C([2H])([2H])[2H])c(C([2H])([2H])[2H])c[n+]2C)c1.[2H]C([2H])([2H])c1ccccc1-c1ccc(C)c(-c2cc(-c3ccc(C)cc3C([2H])([2H])[2H])c(C([2H])([2H])[2H])c[n+]2C)c1.[2H]C([2H])([2H])c1ccccc1-c1ccc(C)c(-c2cc(-c3ccccc3)c(C([2H])([2H])[2H])c[n+]2C)c1.[2H]C([2H])([2H])c1ccccc1-c1ccc(C)c(-c2cc(-c3ccccc3C([2H])([2H])[2H])c(C([2H])([2H])[2H])c[n+]2C)c1. The van der Waals surface area contributed by atoms with E-state index in [1.54, 1.807) is 194 Å². The highest BCUT2D eigenvalue weighted by Gasteiger charge is 2.25. The molecule has 0 spiro atoms. The van der Waals surface area contributed by atoms with E-state index in [0.29, 0.717) is 95.0 Å². The topological polar surface area (TPSA) is 15.5 Å². The van der Waals surface area contributed by atoms with Crippen LogP contribution in [0.3, 0.4) is 0 Å². The molecule has 0 bridgehead atoms. The van der Waals surface area contributed by atoms with Crippen LogP contribution in [0.1, 0.15) is 144 Å². The third-order valence-corrected chi connectivity index (χ3v) is 21.2. The Balaban J connectivity index is 0.000000170. The zero-order chi connectivity index (χ0) is 113. The van der Waals surface area contributed by atoms with Gasteiger partial charge in [0, 0.05) is 118 Å². The van der Waals surface area contributed by atoms with Gasteiger partial charge in [-0.1, -0.05) is 242 Å². The lowest BCUT2D eigenvalue weighted by Crippen LogP contribution is -2.31. The molecule has 0 N–H and O–H groups in total. The van der Waals surface area contributed by atoms with Crippen molar-refractivity contribution in [3.8, 4) is 134 Å². The Hall–Kier alpha value is -12.8. The van der Waals surface area contributed by atoms with Gasteiger partial charge in [0.2, 0.25) is 22.8 Å². The molecule has 0 radical (unpaired) electrons. The van der Waals surface area contributed by atoms with Gasteiger partial charge < -0.3 is 0 Å². The number of rotatable bonds is 12. The number of aromatic nitrogens is 4. The molecule has 0 unspecified atom stereocenters. The minimum Gasteiger partial charge on any atom is -0.201 e. The zero-order valence-electron chi connectivity index (χ0n) is 103. The van der Waals surface area contributed by atoms with E-state index in [4.69, 9.17) is 49.3 Å². The summed E-state index contributed by atoms with van der Waals surface area (Å²) in [5, 5.41) is 0. The van der Waals surface area contributed by atoms with Crippen LogP contribution >= 0.6 is 0 Å². The number of nitrogens with zero attached hydrogens (tertiary/aromatic N) is 4. The molecule has 0 fully saturated rings. The zero-order valence-corrected chi connectivity index (χ0v) is 66.7. The predicted molar refractivity (Wildman–Crippen MR) is 496 cm³/mol. The van der Waals surface area contributed by atoms with Gasteiger partial charge in [-0.2, -0.15) is 0 Å². The second-order valence-electron chi connectivity index (χ2n) is 29.4. The van der Waals surface area contributed by atoms with Crippen molar-refractivity contribution in [1.29, 1.82) is 0 Å². The van der Waals surface area contributed by atoms with E-state index < -0.39 is 82.2 Å². The molecule has 0 aliphatic carbocycles. The molecule has 0 amide bonds. The van der Waals surface area contributed by atoms with Gasteiger partial charge in [0.15, 0.2) is 24.8 Å². The standard InChI is InChI=1S/2C29H30N.C28H28N.C27H26N/c1-19-10-7-8-13-25(19)24-15-14-20(2)26(16-24)28-17-27(23(5)18-30(28)6)29-21(3)11-9-12-22(29)4;1-19-11-14-26(22(4)15-19)27-17-29(30(6)18-23(27)5)28-16-24(13-12-21(28)3)25-10-8-7-9-20(25)2;1-19-10-6-8-12-24(19)23-15-14-21(3)27(16-23)28-17-26(22(4)18-29(28)5)25-13-9-7-11-20(25)2;1-19-10-8-9-13-24(19)23-15-14-20(2)26(16-23)27-17-25(21(3)18-28(27)4)22-11-6-5-7-12-22/h2*7-18H,1-6H3;6-18H,1-5H3;5-18H,1-4H3/q4*+1/i1D3,3D3,4D3,5D3;2D3,4D3,5D3;1D3,2D3,4D3;1D3,3D3. The van der Waals surface area contributed by atoms with Gasteiger partial charge in [0.05, 0.1) is 0 Å². The number of aryl methyl sites for hydroxylation is 21. The Kier molecular flexibility index (Phi) is 14.7. The first-order valence-corrected chi connectivity index (χ1v) is 38.2. The minimum absolute atomic E-state index is 0.0198. The fraction of sp³-hybridized carbons (Fsp3) is 0.186. The first-order valence-electron chi connectivity index (χ1n) is 56.2. The Bertz CT molecular complexity index is 7820. The summed E-state index contributed by atoms with van der Waals surface area (Å²) in [5.41, 5.74) is 18.7. The summed E-state index contributed by atoms with van der Waals surface area (Å²) < 4.78 is 298. The quantitative estimate of drug-likeness (QED) is 0.108. The van der Waals surface area contributed by atoms with Gasteiger partial charge in [-0.15, -0.1) is 0 Å². The van der Waals surface area contributed by atoms with Crippen LogP contribution in [0.25, 0.3) is 134 Å². The van der Waals surface area contributed by atoms with E-state index in [0.717, 1.165) is 61.3 Å². The van der Waals surface area contributed by atoms with Crippen molar-refractivity contribution in [1.82, 2.24) is 0 Å². The van der Waals surface area contributed by atoms with Crippen LogP contribution in [-0.4, -0.2) is 0 Å². The maximum absolute atomic E-state index is 8.24. The van der Waals surface area contributed by atoms with Crippen LogP contribution in [0.4, 0.5) is 0 Å². The summed E-state index contributed by atoms with van der Waals surface area (Å²) in [5.74, 6) is 0. The molecular formula is C113H114N4+4. The lowest BCUT2D eigenvalue weighted by atomic mass is 9.90. The molecule has 0 atom stereocenters. The van der Waals surface area contributed by atoms with E-state index in [9.17, 15) is 0 Å². The molecule has 4 heteroatoms. The average molecular weight is 1560 g/mol. The van der Waals surface area contributed by atoms with Crippen molar-refractivity contribution in [2.75, 3.05) is 0 Å². The van der Waals surface area contributed by atoms with Crippen LogP contribution in [0, 0.1) is 117 Å². The third kappa shape index (κ3) is 18.2. The van der Waals surface area contributed by atoms with Crippen molar-refractivity contribution >= 4 is 0 Å². The van der Waals surface area contributed by atoms with Crippen molar-refractivity contribution < 1.29 is 67.6 Å². The highest BCUT2D eigenvalue weighted by molar-refractivity contribution is 5.84. The molecule has 4 aromatic heterocycles. The van der Waals surface area contributed by atoms with Gasteiger partial charge in [-0.3, -0.25) is 0 Å². The molecule has 582 valence electrons. The van der Waals surface area contributed by atoms with E-state index in [1.807, 2.05) is 149 Å². The first-order chi connectivity index (χ1) is 70.7. The number of hydrogen-bond acceptors (Lipinski definition) is 0. The summed E-state index contributed by atoms with van der Waals surface area (Å²) >= 11 is 0. The maximum Gasteiger partial charge on any atom is 0.213 e. The molecule has 117 heavy (non-hydrogen) atoms.